The van der Waals surface area contributed by atoms with Gasteiger partial charge in [0.15, 0.2) is 0 Å². The van der Waals surface area contributed by atoms with Gasteiger partial charge in [-0.2, -0.15) is 11.8 Å². The monoisotopic (exact) mass is 569 g/mol. The molecule has 1 aromatic rings. The van der Waals surface area contributed by atoms with Gasteiger partial charge in [0, 0.05) is 47.9 Å². The van der Waals surface area contributed by atoms with E-state index >= 15 is 0 Å². The lowest BCUT2D eigenvalue weighted by Crippen LogP contribution is -2.64. The second-order valence-corrected chi connectivity index (χ2v) is 11.9. The Labute approximate surface area is 227 Å². The third-order valence-corrected chi connectivity index (χ3v) is 9.39. The summed E-state index contributed by atoms with van der Waals surface area (Å²) in [5.41, 5.74) is -0.910. The molecule has 3 aliphatic heterocycles. The number of thioether (sulfide) groups is 2. The van der Waals surface area contributed by atoms with Crippen LogP contribution >= 0.6 is 23.5 Å². The molecule has 3 heterocycles. The number of carbonyl (C=O) groups is 3. The van der Waals surface area contributed by atoms with E-state index in [-0.39, 0.29) is 47.9 Å². The Hall–Kier alpha value is -2.59. The number of fused-ring (bicyclic) bond motifs is 1. The van der Waals surface area contributed by atoms with E-state index in [1.54, 1.807) is 11.8 Å². The second-order valence-electron chi connectivity index (χ2n) is 9.44. The van der Waals surface area contributed by atoms with E-state index in [0.717, 1.165) is 23.9 Å². The Morgan fingerprint density at radius 2 is 1.97 bits per heavy atom. The molecule has 0 radical (unpaired) electrons. The molecule has 0 aliphatic carbocycles. The molecule has 4 rings (SSSR count). The number of amides is 4. The highest BCUT2D eigenvalue weighted by Crippen LogP contribution is 2.35. The van der Waals surface area contributed by atoms with Gasteiger partial charge in [-0.3, -0.25) is 19.7 Å². The van der Waals surface area contributed by atoms with Crippen LogP contribution in [0.1, 0.15) is 26.2 Å². The van der Waals surface area contributed by atoms with Crippen LogP contribution in [0.3, 0.4) is 0 Å². The summed E-state index contributed by atoms with van der Waals surface area (Å²) in [5.74, 6) is 0.190. The van der Waals surface area contributed by atoms with Crippen LogP contribution in [-0.4, -0.2) is 92.4 Å². The lowest BCUT2D eigenvalue weighted by atomic mass is 9.97. The number of hydrogen-bond donors (Lipinski definition) is 6. The van der Waals surface area contributed by atoms with Crippen molar-refractivity contribution in [1.29, 1.82) is 0 Å². The molecule has 38 heavy (non-hydrogen) atoms. The lowest BCUT2D eigenvalue weighted by Gasteiger charge is -2.42. The van der Waals surface area contributed by atoms with Gasteiger partial charge in [-0.15, -0.1) is 0 Å². The van der Waals surface area contributed by atoms with Crippen molar-refractivity contribution < 1.29 is 34.3 Å². The molecule has 13 nitrogen and oxygen atoms in total. The number of aliphatic hydroxyl groups excluding tert-OH is 2. The summed E-state index contributed by atoms with van der Waals surface area (Å²) in [6, 6.07) is 4.83. The maximum absolute atomic E-state index is 12.5. The number of ether oxygens (including phenoxy) is 1. The molecule has 0 bridgehead atoms. The molecule has 0 saturated carbocycles. The van der Waals surface area contributed by atoms with Crippen molar-refractivity contribution in [3.05, 3.63) is 34.4 Å². The van der Waals surface area contributed by atoms with Gasteiger partial charge in [0.1, 0.15) is 23.7 Å². The van der Waals surface area contributed by atoms with E-state index in [4.69, 9.17) is 4.74 Å². The number of hydrogen-bond acceptors (Lipinski definition) is 10. The Balaban J connectivity index is 1.30. The average Bonchev–Trinajstić information content (AvgIpc) is 3.42. The predicted octanol–water partition coefficient (Wildman–Crippen LogP) is 0.0902. The van der Waals surface area contributed by atoms with Crippen LogP contribution in [0, 0.1) is 10.1 Å². The van der Waals surface area contributed by atoms with Crippen LogP contribution in [0.4, 0.5) is 10.5 Å². The third-order valence-electron chi connectivity index (χ3n) is 6.70. The smallest absolute Gasteiger partial charge is 0.315 e. The number of rotatable bonds is 10. The van der Waals surface area contributed by atoms with Crippen LogP contribution in [0.5, 0.6) is 0 Å². The molecule has 208 valence electrons. The minimum Gasteiger partial charge on any atom is -0.388 e. The van der Waals surface area contributed by atoms with E-state index in [1.807, 2.05) is 0 Å². The number of nitro groups is 1. The van der Waals surface area contributed by atoms with Crippen LogP contribution in [0.15, 0.2) is 29.2 Å². The maximum atomic E-state index is 12.5. The Morgan fingerprint density at radius 3 is 2.66 bits per heavy atom. The van der Waals surface area contributed by atoms with Gasteiger partial charge in [0.05, 0.1) is 23.0 Å². The Morgan fingerprint density at radius 1 is 1.24 bits per heavy atom. The topological polar surface area (TPSA) is 192 Å². The molecule has 3 saturated heterocycles. The van der Waals surface area contributed by atoms with Gasteiger partial charge in [-0.05, 0) is 25.0 Å². The van der Waals surface area contributed by atoms with Gasteiger partial charge >= 0.3 is 6.03 Å². The molecule has 3 fully saturated rings. The van der Waals surface area contributed by atoms with Gasteiger partial charge < -0.3 is 36.2 Å². The standard InChI is InChI=1S/C23H31N5O8S2/c1-11(29)25-19-21(32)20(31)15(36-22(19)38-13-7-5-12(6-8-13)28(34)35)9-24-17(30)4-2-3-16-18-14(10-37-16)26-23(33)27-18/h5-8,14-16,18-22,31-32H,2-4,9-10H2,1H3,(H,24,30)(H,25,29)(H2,26,27,33)/t14-,15?,16-,18-,19?,20+,21+,22-/m0/s1. The Kier molecular flexibility index (Phi) is 9.36. The van der Waals surface area contributed by atoms with Crippen molar-refractivity contribution in [2.24, 2.45) is 0 Å². The zero-order valence-electron chi connectivity index (χ0n) is 20.6. The number of nitrogens with one attached hydrogen (secondary N) is 4. The normalized spacial score (nSPS) is 32.1. The molecule has 0 aromatic heterocycles. The fraction of sp³-hybridized carbons (Fsp3) is 0.609. The van der Waals surface area contributed by atoms with Crippen molar-refractivity contribution >= 4 is 47.1 Å². The van der Waals surface area contributed by atoms with Crippen molar-refractivity contribution in [1.82, 2.24) is 21.3 Å². The van der Waals surface area contributed by atoms with E-state index in [0.29, 0.717) is 11.3 Å². The molecule has 6 N–H and O–H groups in total. The quantitative estimate of drug-likeness (QED) is 0.128. The summed E-state index contributed by atoms with van der Waals surface area (Å²) < 4.78 is 6.00. The minimum atomic E-state index is -1.37. The number of non-ortho nitro benzene ring substituents is 1. The molecular formula is C23H31N5O8S2. The van der Waals surface area contributed by atoms with Crippen LogP contribution in [0.2, 0.25) is 0 Å². The average molecular weight is 570 g/mol. The summed E-state index contributed by atoms with van der Waals surface area (Å²) in [7, 11) is 0. The third kappa shape index (κ3) is 6.88. The molecule has 0 spiro atoms. The molecule has 15 heteroatoms. The number of nitrogens with zero attached hydrogens (tertiary/aromatic N) is 1. The van der Waals surface area contributed by atoms with Crippen molar-refractivity contribution in [2.75, 3.05) is 12.3 Å². The number of urea groups is 1. The van der Waals surface area contributed by atoms with Crippen LogP contribution in [0.25, 0.3) is 0 Å². The first-order chi connectivity index (χ1) is 18.1. The summed E-state index contributed by atoms with van der Waals surface area (Å²) in [5, 5.41) is 43.7. The summed E-state index contributed by atoms with van der Waals surface area (Å²) >= 11 is 2.91. The summed E-state index contributed by atoms with van der Waals surface area (Å²) in [6.45, 7) is 1.23. The number of benzene rings is 1. The van der Waals surface area contributed by atoms with Crippen molar-refractivity contribution in [2.45, 2.75) is 78.2 Å². The predicted molar refractivity (Wildman–Crippen MR) is 140 cm³/mol. The fourth-order valence-corrected chi connectivity index (χ4v) is 7.46. The summed E-state index contributed by atoms with van der Waals surface area (Å²) in [4.78, 5) is 46.7. The summed E-state index contributed by atoms with van der Waals surface area (Å²) in [6.07, 6.45) is -2.02. The van der Waals surface area contributed by atoms with Crippen LogP contribution in [-0.2, 0) is 14.3 Å². The lowest BCUT2D eigenvalue weighted by molar-refractivity contribution is -0.384. The molecule has 8 atom stereocenters. The zero-order valence-corrected chi connectivity index (χ0v) is 22.2. The SMILES string of the molecule is CC(=O)NC1[C@@H](O)[C@H](O)C(CNC(=O)CCC[C@@H]2SC[C@@H]3NC(=O)N[C@@H]32)O[C@H]1Sc1ccc([N+](=O)[O-])cc1. The van der Waals surface area contributed by atoms with E-state index in [1.165, 1.54) is 31.2 Å². The fourth-order valence-electron chi connectivity index (χ4n) is 4.78. The van der Waals surface area contributed by atoms with Crippen molar-refractivity contribution in [3.63, 3.8) is 0 Å². The number of carbonyl (C=O) groups excluding carboxylic acids is 3. The Bertz CT molecular complexity index is 1050. The van der Waals surface area contributed by atoms with Gasteiger partial charge in [0.2, 0.25) is 11.8 Å². The second kappa shape index (κ2) is 12.5. The zero-order chi connectivity index (χ0) is 27.4. The number of nitro benzene ring substituents is 1. The first-order valence-electron chi connectivity index (χ1n) is 12.3. The maximum Gasteiger partial charge on any atom is 0.315 e. The minimum absolute atomic E-state index is 0.0516. The number of aliphatic hydroxyl groups is 2. The highest BCUT2D eigenvalue weighted by atomic mass is 32.2. The molecule has 3 aliphatic rings. The first kappa shape index (κ1) is 28.4. The molecule has 2 unspecified atom stereocenters. The molecule has 1 aromatic carbocycles. The highest BCUT2D eigenvalue weighted by Gasteiger charge is 2.45. The van der Waals surface area contributed by atoms with E-state index in [9.17, 15) is 34.7 Å². The molecule has 4 amide bonds. The molecular weight excluding hydrogens is 538 g/mol. The van der Waals surface area contributed by atoms with E-state index in [2.05, 4.69) is 21.3 Å². The van der Waals surface area contributed by atoms with Gasteiger partial charge in [-0.25, -0.2) is 4.79 Å². The van der Waals surface area contributed by atoms with E-state index < -0.39 is 40.6 Å². The first-order valence-corrected chi connectivity index (χ1v) is 14.2. The van der Waals surface area contributed by atoms with Crippen LogP contribution < -0.4 is 21.3 Å². The van der Waals surface area contributed by atoms with Gasteiger partial charge in [0.25, 0.3) is 5.69 Å². The van der Waals surface area contributed by atoms with Crippen molar-refractivity contribution in [3.8, 4) is 0 Å². The largest absolute Gasteiger partial charge is 0.388 e. The highest BCUT2D eigenvalue weighted by molar-refractivity contribution is 8.00. The van der Waals surface area contributed by atoms with Gasteiger partial charge in [-0.1, -0.05) is 11.8 Å².